The van der Waals surface area contributed by atoms with E-state index in [2.05, 4.69) is 4.90 Å². The molecule has 0 aromatic heterocycles. The third kappa shape index (κ3) is 4.45. The summed E-state index contributed by atoms with van der Waals surface area (Å²) in [6, 6.07) is -1.86. The molecule has 0 bridgehead atoms. The van der Waals surface area contributed by atoms with Gasteiger partial charge in [-0.1, -0.05) is 6.92 Å². The second kappa shape index (κ2) is 6.38. The number of carboxylic acids is 1. The average Bonchev–Trinajstić information content (AvgIpc) is 2.26. The second-order valence-corrected chi connectivity index (χ2v) is 4.53. The summed E-state index contributed by atoms with van der Waals surface area (Å²) in [5.41, 5.74) is 0. The molecule has 0 aromatic carbocycles. The Hall–Kier alpha value is -0.820. The molecule has 1 rings (SSSR count). The van der Waals surface area contributed by atoms with Crippen LogP contribution in [-0.4, -0.2) is 65.8 Å². The molecule has 0 aliphatic carbocycles. The standard InChI is InChI=1S/C11H19F3N2O2/c1-2-3-15-4-6-16(7-5-15)9(8-10(17)18)11(12,13)14/h9H,2-8H2,1H3,(H,17,18). The summed E-state index contributed by atoms with van der Waals surface area (Å²) >= 11 is 0. The van der Waals surface area contributed by atoms with Crippen LogP contribution in [0.3, 0.4) is 0 Å². The van der Waals surface area contributed by atoms with Gasteiger partial charge < -0.3 is 10.0 Å². The quantitative estimate of drug-likeness (QED) is 0.819. The molecule has 0 saturated carbocycles. The number of piperazine rings is 1. The van der Waals surface area contributed by atoms with Crippen molar-refractivity contribution in [1.82, 2.24) is 9.80 Å². The molecule has 1 heterocycles. The molecule has 0 radical (unpaired) electrons. The van der Waals surface area contributed by atoms with Gasteiger partial charge in [-0.3, -0.25) is 9.69 Å². The molecule has 1 saturated heterocycles. The Morgan fingerprint density at radius 2 is 1.83 bits per heavy atom. The highest BCUT2D eigenvalue weighted by Crippen LogP contribution is 2.28. The highest BCUT2D eigenvalue weighted by molar-refractivity contribution is 5.67. The van der Waals surface area contributed by atoms with Gasteiger partial charge in [0.05, 0.1) is 6.42 Å². The first-order valence-corrected chi connectivity index (χ1v) is 6.09. The summed E-state index contributed by atoms with van der Waals surface area (Å²) in [4.78, 5) is 13.9. The maximum Gasteiger partial charge on any atom is 0.404 e. The number of alkyl halides is 3. The molecule has 1 aliphatic rings. The molecule has 0 amide bonds. The fraction of sp³-hybridized carbons (Fsp3) is 0.909. The monoisotopic (exact) mass is 268 g/mol. The lowest BCUT2D eigenvalue weighted by atomic mass is 10.1. The number of carboxylic acid groups (broad SMARTS) is 1. The summed E-state index contributed by atoms with van der Waals surface area (Å²) in [6.45, 7) is 4.59. The zero-order chi connectivity index (χ0) is 13.8. The first-order chi connectivity index (χ1) is 8.34. The van der Waals surface area contributed by atoms with E-state index in [-0.39, 0.29) is 13.1 Å². The van der Waals surface area contributed by atoms with Crippen LogP contribution in [-0.2, 0) is 4.79 Å². The zero-order valence-electron chi connectivity index (χ0n) is 10.4. The predicted octanol–water partition coefficient (Wildman–Crippen LogP) is 1.42. The molecule has 1 unspecified atom stereocenters. The van der Waals surface area contributed by atoms with Gasteiger partial charge in [-0.05, 0) is 13.0 Å². The van der Waals surface area contributed by atoms with Crippen molar-refractivity contribution in [2.75, 3.05) is 32.7 Å². The minimum Gasteiger partial charge on any atom is -0.481 e. The van der Waals surface area contributed by atoms with E-state index in [9.17, 15) is 18.0 Å². The van der Waals surface area contributed by atoms with Gasteiger partial charge in [0, 0.05) is 26.2 Å². The fourth-order valence-electron chi connectivity index (χ4n) is 2.23. The third-order valence-electron chi connectivity index (χ3n) is 3.13. The second-order valence-electron chi connectivity index (χ2n) is 4.53. The van der Waals surface area contributed by atoms with E-state index in [0.29, 0.717) is 13.1 Å². The van der Waals surface area contributed by atoms with Gasteiger partial charge in [-0.15, -0.1) is 0 Å². The normalized spacial score (nSPS) is 20.9. The Morgan fingerprint density at radius 3 is 2.22 bits per heavy atom. The molecule has 106 valence electrons. The number of aliphatic carboxylic acids is 1. The summed E-state index contributed by atoms with van der Waals surface area (Å²) < 4.78 is 38.4. The van der Waals surface area contributed by atoms with Gasteiger partial charge in [-0.2, -0.15) is 13.2 Å². The van der Waals surface area contributed by atoms with Crippen molar-refractivity contribution in [1.29, 1.82) is 0 Å². The van der Waals surface area contributed by atoms with Crippen LogP contribution in [0, 0.1) is 0 Å². The molecule has 1 fully saturated rings. The van der Waals surface area contributed by atoms with Crippen molar-refractivity contribution in [2.45, 2.75) is 32.0 Å². The summed E-state index contributed by atoms with van der Waals surface area (Å²) in [5, 5.41) is 8.58. The minimum atomic E-state index is -4.48. The zero-order valence-corrected chi connectivity index (χ0v) is 10.4. The number of rotatable bonds is 5. The van der Waals surface area contributed by atoms with Crippen LogP contribution in [0.25, 0.3) is 0 Å². The van der Waals surface area contributed by atoms with Crippen LogP contribution in [0.4, 0.5) is 13.2 Å². The van der Waals surface area contributed by atoms with E-state index < -0.39 is 24.6 Å². The van der Waals surface area contributed by atoms with Crippen molar-refractivity contribution >= 4 is 5.97 Å². The van der Waals surface area contributed by atoms with Crippen molar-refractivity contribution in [3.05, 3.63) is 0 Å². The average molecular weight is 268 g/mol. The molecule has 1 atom stereocenters. The van der Waals surface area contributed by atoms with Crippen molar-refractivity contribution in [2.24, 2.45) is 0 Å². The maximum atomic E-state index is 12.8. The molecular weight excluding hydrogens is 249 g/mol. The van der Waals surface area contributed by atoms with E-state index in [1.165, 1.54) is 4.90 Å². The SMILES string of the molecule is CCCN1CCN(C(CC(=O)O)C(F)(F)F)CC1. The number of hydrogen-bond donors (Lipinski definition) is 1. The summed E-state index contributed by atoms with van der Waals surface area (Å²) in [5.74, 6) is -1.41. The minimum absolute atomic E-state index is 0.275. The van der Waals surface area contributed by atoms with E-state index in [0.717, 1.165) is 13.0 Å². The van der Waals surface area contributed by atoms with Gasteiger partial charge in [0.15, 0.2) is 0 Å². The van der Waals surface area contributed by atoms with Crippen molar-refractivity contribution in [3.8, 4) is 0 Å². The lowest BCUT2D eigenvalue weighted by Gasteiger charge is -2.39. The van der Waals surface area contributed by atoms with Crippen LogP contribution in [0.15, 0.2) is 0 Å². The van der Waals surface area contributed by atoms with Crippen LogP contribution < -0.4 is 0 Å². The molecule has 0 aromatic rings. The van der Waals surface area contributed by atoms with E-state index in [1.807, 2.05) is 6.92 Å². The van der Waals surface area contributed by atoms with Gasteiger partial charge in [-0.25, -0.2) is 0 Å². The Morgan fingerprint density at radius 1 is 1.28 bits per heavy atom. The highest BCUT2D eigenvalue weighted by atomic mass is 19.4. The molecule has 18 heavy (non-hydrogen) atoms. The smallest absolute Gasteiger partial charge is 0.404 e. The molecule has 1 N–H and O–H groups in total. The molecule has 4 nitrogen and oxygen atoms in total. The highest BCUT2D eigenvalue weighted by Gasteiger charge is 2.45. The van der Waals surface area contributed by atoms with Gasteiger partial charge >= 0.3 is 12.1 Å². The molecule has 7 heteroatoms. The lowest BCUT2D eigenvalue weighted by Crippen LogP contribution is -2.55. The fourth-order valence-corrected chi connectivity index (χ4v) is 2.23. The van der Waals surface area contributed by atoms with Crippen LogP contribution in [0.2, 0.25) is 0 Å². The van der Waals surface area contributed by atoms with Crippen LogP contribution in [0.1, 0.15) is 19.8 Å². The lowest BCUT2D eigenvalue weighted by molar-refractivity contribution is -0.194. The first-order valence-electron chi connectivity index (χ1n) is 6.09. The van der Waals surface area contributed by atoms with E-state index in [1.54, 1.807) is 0 Å². The number of nitrogens with zero attached hydrogens (tertiary/aromatic N) is 2. The molecule has 1 aliphatic heterocycles. The third-order valence-corrected chi connectivity index (χ3v) is 3.13. The van der Waals surface area contributed by atoms with Gasteiger partial charge in [0.1, 0.15) is 6.04 Å². The Bertz CT molecular complexity index is 276. The van der Waals surface area contributed by atoms with Gasteiger partial charge in [0.25, 0.3) is 0 Å². The van der Waals surface area contributed by atoms with Crippen LogP contribution in [0.5, 0.6) is 0 Å². The number of carbonyl (C=O) groups is 1. The first kappa shape index (κ1) is 15.2. The van der Waals surface area contributed by atoms with Crippen molar-refractivity contribution in [3.63, 3.8) is 0 Å². The molecular formula is C11H19F3N2O2. The number of halogens is 3. The Balaban J connectivity index is 2.58. The Labute approximate surface area is 104 Å². The Kier molecular flexibility index (Phi) is 5.40. The van der Waals surface area contributed by atoms with E-state index in [4.69, 9.17) is 5.11 Å². The summed E-state index contributed by atoms with van der Waals surface area (Å²) in [6.07, 6.45) is -4.39. The van der Waals surface area contributed by atoms with E-state index >= 15 is 0 Å². The van der Waals surface area contributed by atoms with Crippen molar-refractivity contribution < 1.29 is 23.1 Å². The summed E-state index contributed by atoms with van der Waals surface area (Å²) in [7, 11) is 0. The van der Waals surface area contributed by atoms with Crippen LogP contribution >= 0.6 is 0 Å². The topological polar surface area (TPSA) is 43.8 Å². The maximum absolute atomic E-state index is 12.8. The largest absolute Gasteiger partial charge is 0.481 e. The number of hydrogen-bond acceptors (Lipinski definition) is 3. The van der Waals surface area contributed by atoms with Gasteiger partial charge in [0.2, 0.25) is 0 Å². The molecule has 0 spiro atoms. The predicted molar refractivity (Wildman–Crippen MR) is 60.4 cm³/mol.